The van der Waals surface area contributed by atoms with Gasteiger partial charge >= 0.3 is 5.97 Å². The van der Waals surface area contributed by atoms with Gasteiger partial charge in [0.15, 0.2) is 0 Å². The molecule has 0 unspecified atom stereocenters. The topological polar surface area (TPSA) is 55.4 Å². The largest absolute Gasteiger partial charge is 0.447 e. The van der Waals surface area contributed by atoms with Crippen molar-refractivity contribution in [1.29, 1.82) is 0 Å². The van der Waals surface area contributed by atoms with Crippen LogP contribution in [0.3, 0.4) is 0 Å². The molecule has 24 heavy (non-hydrogen) atoms. The molecule has 0 bridgehead atoms. The summed E-state index contributed by atoms with van der Waals surface area (Å²) < 4.78 is 18.4. The normalized spacial score (nSPS) is 15.2. The van der Waals surface area contributed by atoms with E-state index >= 15 is 0 Å². The van der Waals surface area contributed by atoms with Crippen molar-refractivity contribution in [3.05, 3.63) is 66.0 Å². The van der Waals surface area contributed by atoms with Crippen molar-refractivity contribution < 1.29 is 18.7 Å². The minimum Gasteiger partial charge on any atom is -0.447 e. The third-order valence-electron chi connectivity index (χ3n) is 4.12. The summed E-state index contributed by atoms with van der Waals surface area (Å²) in [5.41, 5.74) is 1.05. The van der Waals surface area contributed by atoms with Gasteiger partial charge in [-0.25, -0.2) is 4.39 Å². The number of ether oxygens (including phenoxy) is 1. The van der Waals surface area contributed by atoms with Crippen molar-refractivity contribution >= 4 is 17.6 Å². The first-order valence-electron chi connectivity index (χ1n) is 7.95. The minimum atomic E-state index is -1.02. The molecule has 1 atom stereocenters. The molecule has 0 radical (unpaired) electrons. The number of anilines is 1. The van der Waals surface area contributed by atoms with Crippen molar-refractivity contribution in [1.82, 2.24) is 0 Å². The summed E-state index contributed by atoms with van der Waals surface area (Å²) >= 11 is 0. The fourth-order valence-electron chi connectivity index (χ4n) is 2.50. The van der Waals surface area contributed by atoms with Crippen molar-refractivity contribution in [2.75, 3.05) is 5.32 Å². The molecule has 1 saturated carbocycles. The maximum atomic E-state index is 13.0. The van der Waals surface area contributed by atoms with Gasteiger partial charge in [-0.2, -0.15) is 0 Å². The highest BCUT2D eigenvalue weighted by molar-refractivity contribution is 5.96. The number of carbonyl (C=O) groups excluding carboxylic acids is 2. The molecular weight excluding hydrogens is 309 g/mol. The lowest BCUT2D eigenvalue weighted by molar-refractivity contribution is -0.161. The van der Waals surface area contributed by atoms with Gasteiger partial charge in [0.25, 0.3) is 5.91 Å². The number of amides is 1. The average molecular weight is 327 g/mol. The summed E-state index contributed by atoms with van der Waals surface area (Å²) in [5, 5.41) is 2.67. The molecule has 2 aromatic rings. The lowest BCUT2D eigenvalue weighted by Crippen LogP contribution is -2.31. The number of hydrogen-bond acceptors (Lipinski definition) is 3. The van der Waals surface area contributed by atoms with E-state index in [1.807, 2.05) is 6.07 Å². The predicted molar refractivity (Wildman–Crippen MR) is 87.6 cm³/mol. The van der Waals surface area contributed by atoms with E-state index in [0.29, 0.717) is 11.3 Å². The molecule has 1 aliphatic rings. The first-order chi connectivity index (χ1) is 11.6. The maximum Gasteiger partial charge on any atom is 0.310 e. The van der Waals surface area contributed by atoms with Gasteiger partial charge in [-0.1, -0.05) is 36.8 Å². The molecule has 0 aliphatic heterocycles. The Bertz CT molecular complexity index is 711. The molecule has 3 rings (SSSR count). The molecule has 5 heteroatoms. The van der Waals surface area contributed by atoms with Crippen molar-refractivity contribution in [2.24, 2.45) is 5.92 Å². The number of esters is 1. The number of nitrogens with one attached hydrogen (secondary N) is 1. The van der Waals surface area contributed by atoms with E-state index in [-0.39, 0.29) is 17.7 Å². The van der Waals surface area contributed by atoms with Crippen LogP contribution >= 0.6 is 0 Å². The lowest BCUT2D eigenvalue weighted by Gasteiger charge is -2.26. The van der Waals surface area contributed by atoms with E-state index < -0.39 is 12.0 Å². The Morgan fingerprint density at radius 3 is 2.29 bits per heavy atom. The average Bonchev–Trinajstić information content (AvgIpc) is 2.54. The van der Waals surface area contributed by atoms with Gasteiger partial charge in [-0.05, 0) is 37.1 Å². The predicted octanol–water partition coefficient (Wildman–Crippen LogP) is 3.85. The number of carbonyl (C=O) groups is 2. The Balaban J connectivity index is 1.76. The number of halogens is 1. The number of hydrogen-bond donors (Lipinski definition) is 1. The standard InChI is InChI=1S/C19H18FNO3/c20-15-9-11-16(12-10-15)21-18(22)17(13-5-2-1-3-6-13)24-19(23)14-7-4-8-14/h1-3,5-6,9-12,14,17H,4,7-8H2,(H,21,22)/t17-/m1/s1. The van der Waals surface area contributed by atoms with E-state index in [1.54, 1.807) is 24.3 Å². The summed E-state index contributed by atoms with van der Waals surface area (Å²) in [6.07, 6.45) is 1.60. The van der Waals surface area contributed by atoms with Crippen LogP contribution in [0.25, 0.3) is 0 Å². The number of benzene rings is 2. The molecule has 0 saturated heterocycles. The van der Waals surface area contributed by atoms with Gasteiger partial charge < -0.3 is 10.1 Å². The first-order valence-corrected chi connectivity index (χ1v) is 7.95. The number of rotatable bonds is 5. The molecule has 0 aromatic heterocycles. The minimum absolute atomic E-state index is 0.116. The van der Waals surface area contributed by atoms with Crippen LogP contribution in [0.5, 0.6) is 0 Å². The van der Waals surface area contributed by atoms with Gasteiger partial charge in [0.2, 0.25) is 6.10 Å². The smallest absolute Gasteiger partial charge is 0.310 e. The fraction of sp³-hybridized carbons (Fsp3) is 0.263. The Morgan fingerprint density at radius 1 is 1.04 bits per heavy atom. The van der Waals surface area contributed by atoms with E-state index in [4.69, 9.17) is 4.74 Å². The molecule has 124 valence electrons. The van der Waals surface area contributed by atoms with E-state index in [2.05, 4.69) is 5.32 Å². The first kappa shape index (κ1) is 16.2. The van der Waals surface area contributed by atoms with Crippen molar-refractivity contribution in [2.45, 2.75) is 25.4 Å². The van der Waals surface area contributed by atoms with Gasteiger partial charge in [0.05, 0.1) is 5.92 Å². The van der Waals surface area contributed by atoms with Crippen molar-refractivity contribution in [3.8, 4) is 0 Å². The van der Waals surface area contributed by atoms with Crippen LogP contribution in [0.2, 0.25) is 0 Å². The highest BCUT2D eigenvalue weighted by atomic mass is 19.1. The third-order valence-corrected chi connectivity index (χ3v) is 4.12. The fourth-order valence-corrected chi connectivity index (χ4v) is 2.50. The van der Waals surface area contributed by atoms with Crippen LogP contribution in [0.1, 0.15) is 30.9 Å². The van der Waals surface area contributed by atoms with Crippen LogP contribution < -0.4 is 5.32 Å². The van der Waals surface area contributed by atoms with E-state index in [1.165, 1.54) is 24.3 Å². The third kappa shape index (κ3) is 3.79. The summed E-state index contributed by atoms with van der Waals surface area (Å²) in [5.74, 6) is -1.30. The van der Waals surface area contributed by atoms with Crippen LogP contribution in [0, 0.1) is 11.7 Å². The molecule has 1 amide bonds. The molecule has 4 nitrogen and oxygen atoms in total. The second kappa shape index (κ2) is 7.25. The SMILES string of the molecule is O=C(O[C@@H](C(=O)Nc1ccc(F)cc1)c1ccccc1)C1CCC1. The maximum absolute atomic E-state index is 13.0. The zero-order valence-electron chi connectivity index (χ0n) is 13.1. The van der Waals surface area contributed by atoms with Gasteiger partial charge in [0, 0.05) is 11.3 Å². The summed E-state index contributed by atoms with van der Waals surface area (Å²) in [4.78, 5) is 24.7. The molecule has 0 spiro atoms. The van der Waals surface area contributed by atoms with E-state index in [0.717, 1.165) is 19.3 Å². The zero-order valence-corrected chi connectivity index (χ0v) is 13.1. The van der Waals surface area contributed by atoms with Crippen LogP contribution in [-0.2, 0) is 14.3 Å². The Morgan fingerprint density at radius 2 is 1.71 bits per heavy atom. The molecule has 1 N–H and O–H groups in total. The van der Waals surface area contributed by atoms with Crippen molar-refractivity contribution in [3.63, 3.8) is 0 Å². The Labute approximate surface area is 139 Å². The van der Waals surface area contributed by atoms with Gasteiger partial charge in [0.1, 0.15) is 5.82 Å². The Kier molecular flexibility index (Phi) is 4.89. The van der Waals surface area contributed by atoms with E-state index in [9.17, 15) is 14.0 Å². The quantitative estimate of drug-likeness (QED) is 0.849. The monoisotopic (exact) mass is 327 g/mol. The van der Waals surface area contributed by atoms with Crippen LogP contribution in [0.15, 0.2) is 54.6 Å². The second-order valence-electron chi connectivity index (χ2n) is 5.85. The molecule has 1 aliphatic carbocycles. The van der Waals surface area contributed by atoms with Gasteiger partial charge in [-0.3, -0.25) is 9.59 Å². The lowest BCUT2D eigenvalue weighted by atomic mass is 9.85. The summed E-state index contributed by atoms with van der Waals surface area (Å²) in [6.45, 7) is 0. The Hall–Kier alpha value is -2.69. The molecule has 2 aromatic carbocycles. The second-order valence-corrected chi connectivity index (χ2v) is 5.85. The zero-order chi connectivity index (χ0) is 16.9. The summed E-state index contributed by atoms with van der Waals surface area (Å²) in [6, 6.07) is 14.3. The van der Waals surface area contributed by atoms with Gasteiger partial charge in [-0.15, -0.1) is 0 Å². The molecule has 0 heterocycles. The highest BCUT2D eigenvalue weighted by Crippen LogP contribution is 2.30. The molecular formula is C19H18FNO3. The van der Waals surface area contributed by atoms with Crippen LogP contribution in [0.4, 0.5) is 10.1 Å². The summed E-state index contributed by atoms with van der Waals surface area (Å²) in [7, 11) is 0. The van der Waals surface area contributed by atoms with Crippen LogP contribution in [-0.4, -0.2) is 11.9 Å². The highest BCUT2D eigenvalue weighted by Gasteiger charge is 2.32. The molecule has 1 fully saturated rings.